The van der Waals surface area contributed by atoms with Gasteiger partial charge in [0.1, 0.15) is 11.5 Å². The predicted molar refractivity (Wildman–Crippen MR) is 115 cm³/mol. The van der Waals surface area contributed by atoms with Crippen LogP contribution in [0.25, 0.3) is 5.57 Å². The van der Waals surface area contributed by atoms with E-state index in [1.54, 1.807) is 14.2 Å². The molecule has 0 unspecified atom stereocenters. The maximum absolute atomic E-state index is 5.42. The van der Waals surface area contributed by atoms with Crippen molar-refractivity contribution in [1.29, 1.82) is 0 Å². The molecule has 0 N–H and O–H groups in total. The zero-order chi connectivity index (χ0) is 19.8. The summed E-state index contributed by atoms with van der Waals surface area (Å²) in [7, 11) is 3.41. The monoisotopic (exact) mass is 378 g/mol. The molecule has 0 radical (unpaired) electrons. The van der Waals surface area contributed by atoms with Crippen LogP contribution in [0, 0.1) is 12.1 Å². The second kappa shape index (κ2) is 6.87. The van der Waals surface area contributed by atoms with Crippen LogP contribution in [0.15, 0.2) is 78.4 Å². The first-order chi connectivity index (χ1) is 14.3. The molecule has 5 rings (SSSR count). The molecule has 0 saturated carbocycles. The van der Waals surface area contributed by atoms with Gasteiger partial charge in [-0.3, -0.25) is 0 Å². The molecule has 0 aliphatic heterocycles. The van der Waals surface area contributed by atoms with Gasteiger partial charge in [-0.25, -0.2) is 0 Å². The van der Waals surface area contributed by atoms with Crippen LogP contribution in [0.3, 0.4) is 0 Å². The third kappa shape index (κ3) is 2.51. The van der Waals surface area contributed by atoms with E-state index in [9.17, 15) is 0 Å². The molecule has 142 valence electrons. The van der Waals surface area contributed by atoms with Gasteiger partial charge in [0.25, 0.3) is 0 Å². The van der Waals surface area contributed by atoms with Gasteiger partial charge < -0.3 is 9.47 Å². The van der Waals surface area contributed by atoms with E-state index in [2.05, 4.69) is 54.6 Å². The Labute approximate surface area is 172 Å². The van der Waals surface area contributed by atoms with Gasteiger partial charge in [-0.2, -0.15) is 0 Å². The normalized spacial score (nSPS) is 16.1. The van der Waals surface area contributed by atoms with Crippen LogP contribution in [0.1, 0.15) is 35.1 Å². The summed E-state index contributed by atoms with van der Waals surface area (Å²) in [6.45, 7) is 0. The SMILES string of the molecule is COc1ccc(C2(c3ccc(OC)cc3)C3=C(C=CCC3)c3ccc#cc32)cc1. The van der Waals surface area contributed by atoms with E-state index in [4.69, 9.17) is 9.47 Å². The number of ether oxygens (including phenoxy) is 2. The van der Waals surface area contributed by atoms with Crippen LogP contribution in [0.2, 0.25) is 0 Å². The first-order valence-corrected chi connectivity index (χ1v) is 9.91. The molecular weight excluding hydrogens is 356 g/mol. The van der Waals surface area contributed by atoms with Crippen molar-refractivity contribution < 1.29 is 9.47 Å². The molecule has 0 atom stereocenters. The topological polar surface area (TPSA) is 18.5 Å². The minimum absolute atomic E-state index is 0.383. The van der Waals surface area contributed by atoms with Crippen LogP contribution in [0.4, 0.5) is 0 Å². The van der Waals surface area contributed by atoms with Gasteiger partial charge >= 0.3 is 0 Å². The highest BCUT2D eigenvalue weighted by atomic mass is 16.5. The molecule has 0 amide bonds. The lowest BCUT2D eigenvalue weighted by atomic mass is 9.66. The largest absolute Gasteiger partial charge is 0.497 e. The Morgan fingerprint density at radius 1 is 0.828 bits per heavy atom. The van der Waals surface area contributed by atoms with Crippen molar-refractivity contribution in [3.8, 4) is 11.5 Å². The third-order valence-electron chi connectivity index (χ3n) is 6.13. The Bertz CT molecular complexity index is 1050. The Morgan fingerprint density at radius 2 is 1.45 bits per heavy atom. The lowest BCUT2D eigenvalue weighted by molar-refractivity contribution is 0.414. The molecule has 0 aromatic heterocycles. The van der Waals surface area contributed by atoms with Gasteiger partial charge in [0.2, 0.25) is 0 Å². The molecule has 0 heterocycles. The summed E-state index contributed by atoms with van der Waals surface area (Å²) < 4.78 is 10.8. The van der Waals surface area contributed by atoms with Crippen LogP contribution >= 0.6 is 0 Å². The zero-order valence-electron chi connectivity index (χ0n) is 16.7. The van der Waals surface area contributed by atoms with Gasteiger partial charge in [0.05, 0.1) is 19.6 Å². The second-order valence-electron chi connectivity index (χ2n) is 7.43. The van der Waals surface area contributed by atoms with Gasteiger partial charge in [-0.15, -0.1) is 0 Å². The van der Waals surface area contributed by atoms with Crippen LogP contribution in [-0.2, 0) is 5.41 Å². The van der Waals surface area contributed by atoms with E-state index in [1.165, 1.54) is 33.4 Å². The standard InChI is InChI=1S/C27H22O2/c1-28-21-15-11-19(12-16-21)27(20-13-17-22(29-2)18-14-20)25-9-5-3-7-23(25)24-8-4-6-10-26(24)27/h3-4,7-8,11-18H,5,9H2,1-2H3. The number of allylic oxidation sites excluding steroid dienone is 4. The summed E-state index contributed by atoms with van der Waals surface area (Å²) in [5.74, 6) is 1.72. The maximum atomic E-state index is 5.42. The Kier molecular flexibility index (Phi) is 4.18. The molecule has 3 aromatic rings. The molecule has 2 aliphatic rings. The smallest absolute Gasteiger partial charge is 0.118 e. The summed E-state index contributed by atoms with van der Waals surface area (Å²) in [4.78, 5) is 0. The van der Waals surface area contributed by atoms with Crippen molar-refractivity contribution in [2.45, 2.75) is 18.3 Å². The number of fused-ring (bicyclic) bond motifs is 2. The van der Waals surface area contributed by atoms with Gasteiger partial charge in [0.15, 0.2) is 0 Å². The lowest BCUT2D eigenvalue weighted by Crippen LogP contribution is -2.30. The van der Waals surface area contributed by atoms with Crippen molar-refractivity contribution in [1.82, 2.24) is 0 Å². The fraction of sp³-hybridized carbons (Fsp3) is 0.185. The molecule has 0 saturated heterocycles. The molecule has 3 aromatic carbocycles. The predicted octanol–water partition coefficient (Wildman–Crippen LogP) is 5.76. The molecule has 2 heteroatoms. The number of hydrogen-bond donors (Lipinski definition) is 0. The van der Waals surface area contributed by atoms with Crippen molar-refractivity contribution in [3.63, 3.8) is 0 Å². The number of rotatable bonds is 4. The number of methoxy groups -OCH3 is 2. The van der Waals surface area contributed by atoms with E-state index in [0.717, 1.165) is 24.3 Å². The fourth-order valence-corrected chi connectivity index (χ4v) is 4.85. The highest BCUT2D eigenvalue weighted by Gasteiger charge is 2.47. The van der Waals surface area contributed by atoms with Crippen molar-refractivity contribution in [3.05, 3.63) is 113 Å². The fourth-order valence-electron chi connectivity index (χ4n) is 4.85. The number of benzene rings is 2. The van der Waals surface area contributed by atoms with Crippen molar-refractivity contribution in [2.24, 2.45) is 0 Å². The van der Waals surface area contributed by atoms with E-state index in [0.29, 0.717) is 0 Å². The molecule has 0 bridgehead atoms. The average molecular weight is 378 g/mol. The lowest BCUT2D eigenvalue weighted by Gasteiger charge is -2.35. The molecule has 0 fully saturated rings. The summed E-state index contributed by atoms with van der Waals surface area (Å²) in [6.07, 6.45) is 6.62. The first-order valence-electron chi connectivity index (χ1n) is 9.91. The summed E-state index contributed by atoms with van der Waals surface area (Å²) in [6, 6.07) is 27.8. The van der Waals surface area contributed by atoms with E-state index < -0.39 is 0 Å². The third-order valence-corrected chi connectivity index (χ3v) is 6.13. The summed E-state index contributed by atoms with van der Waals surface area (Å²) in [5.41, 5.74) is 7.24. The quantitative estimate of drug-likeness (QED) is 0.575. The molecule has 2 nitrogen and oxygen atoms in total. The zero-order valence-corrected chi connectivity index (χ0v) is 16.7. The van der Waals surface area contributed by atoms with Crippen molar-refractivity contribution >= 4 is 5.57 Å². The van der Waals surface area contributed by atoms with Crippen LogP contribution < -0.4 is 9.47 Å². The Balaban J connectivity index is 1.85. The second-order valence-corrected chi connectivity index (χ2v) is 7.43. The van der Waals surface area contributed by atoms with Gasteiger partial charge in [0, 0.05) is 5.56 Å². The van der Waals surface area contributed by atoms with E-state index in [1.807, 2.05) is 30.3 Å². The average Bonchev–Trinajstić information content (AvgIpc) is 3.11. The van der Waals surface area contributed by atoms with Gasteiger partial charge in [-0.1, -0.05) is 48.6 Å². The number of hydrogen-bond acceptors (Lipinski definition) is 2. The maximum Gasteiger partial charge on any atom is 0.118 e. The minimum atomic E-state index is -0.383. The summed E-state index contributed by atoms with van der Waals surface area (Å²) >= 11 is 0. The van der Waals surface area contributed by atoms with Crippen LogP contribution in [-0.4, -0.2) is 14.2 Å². The highest BCUT2D eigenvalue weighted by Crippen LogP contribution is 2.56. The molecule has 2 aliphatic carbocycles. The van der Waals surface area contributed by atoms with E-state index in [-0.39, 0.29) is 5.41 Å². The Morgan fingerprint density at radius 3 is 2.03 bits per heavy atom. The van der Waals surface area contributed by atoms with Crippen molar-refractivity contribution in [2.75, 3.05) is 14.2 Å². The van der Waals surface area contributed by atoms with Crippen LogP contribution in [0.5, 0.6) is 11.5 Å². The molecule has 29 heavy (non-hydrogen) atoms. The molecule has 0 spiro atoms. The highest BCUT2D eigenvalue weighted by molar-refractivity contribution is 5.90. The van der Waals surface area contributed by atoms with Gasteiger partial charge in [-0.05, 0) is 77.1 Å². The first kappa shape index (κ1) is 17.6. The Hall–Kier alpha value is -3.44. The van der Waals surface area contributed by atoms with E-state index >= 15 is 0 Å². The molecular formula is C27H22O2. The minimum Gasteiger partial charge on any atom is -0.497 e. The summed E-state index contributed by atoms with van der Waals surface area (Å²) in [5, 5.41) is 0.